The maximum Gasteiger partial charge on any atom is 0.416 e. The van der Waals surface area contributed by atoms with Crippen LogP contribution in [0.3, 0.4) is 0 Å². The van der Waals surface area contributed by atoms with Gasteiger partial charge in [-0.2, -0.15) is 26.3 Å². The lowest BCUT2D eigenvalue weighted by Crippen LogP contribution is -2.26. The molecule has 3 aromatic rings. The Kier molecular flexibility index (Phi) is 9.78. The number of halogens is 7. The molecule has 0 bridgehead atoms. The maximum absolute atomic E-state index is 14.3. The molecule has 5 nitrogen and oxygen atoms in total. The van der Waals surface area contributed by atoms with Crippen LogP contribution < -0.4 is 10.1 Å². The Bertz CT molecular complexity index is 1300. The molecule has 1 unspecified atom stereocenters. The minimum atomic E-state index is -4.69. The van der Waals surface area contributed by atoms with Gasteiger partial charge < -0.3 is 15.2 Å². The van der Waals surface area contributed by atoms with E-state index in [0.29, 0.717) is 11.6 Å². The molecule has 0 saturated carbocycles. The van der Waals surface area contributed by atoms with Crippen LogP contribution in [0.2, 0.25) is 0 Å². The number of carbonyl (C=O) groups excluding carboxylic acids is 1. The number of alkyl halides is 6. The van der Waals surface area contributed by atoms with Gasteiger partial charge in [-0.15, -0.1) is 0 Å². The maximum atomic E-state index is 14.3. The summed E-state index contributed by atoms with van der Waals surface area (Å²) >= 11 is 0. The highest BCUT2D eigenvalue weighted by atomic mass is 19.4. The highest BCUT2D eigenvalue weighted by molar-refractivity contribution is 5.94. The van der Waals surface area contributed by atoms with E-state index in [-0.39, 0.29) is 48.2 Å². The lowest BCUT2D eigenvalue weighted by atomic mass is 10.0. The third kappa shape index (κ3) is 8.99. The summed E-state index contributed by atoms with van der Waals surface area (Å²) in [5.41, 5.74) is -0.239. The summed E-state index contributed by atoms with van der Waals surface area (Å²) < 4.78 is 97.0. The number of hydrogen-bond acceptors (Lipinski definition) is 3. The quantitative estimate of drug-likeness (QED) is 0.233. The van der Waals surface area contributed by atoms with Crippen LogP contribution in [0.5, 0.6) is 5.75 Å². The zero-order valence-electron chi connectivity index (χ0n) is 20.8. The number of hydrogen-bond donors (Lipinski definition) is 2. The largest absolute Gasteiger partial charge is 0.486 e. The first-order valence-corrected chi connectivity index (χ1v) is 12.0. The molecule has 1 amide bonds. The lowest BCUT2D eigenvalue weighted by Gasteiger charge is -2.21. The number of benzene rings is 3. The normalized spacial score (nSPS) is 12.6. The van der Waals surface area contributed by atoms with Crippen molar-refractivity contribution in [3.8, 4) is 16.9 Å². The standard InChI is InChI=1S/C28H24F7NO4/c29-23-16-20(28(33,34)35)9-12-22(23)17-7-10-21(11-8-17)40-24(2-1-14-27(30,31)32)18-3-5-19(6-4-18)26(39)36-15-13-25(37)38/h3-12,16,24H,1-2,13-15H2,(H,36,39)(H,37,38). The zero-order valence-corrected chi connectivity index (χ0v) is 20.8. The average molecular weight is 571 g/mol. The van der Waals surface area contributed by atoms with E-state index in [1.807, 2.05) is 0 Å². The smallest absolute Gasteiger partial charge is 0.416 e. The van der Waals surface area contributed by atoms with Gasteiger partial charge in [0.25, 0.3) is 5.91 Å². The van der Waals surface area contributed by atoms with E-state index in [9.17, 15) is 40.3 Å². The number of aliphatic carboxylic acids is 1. The number of nitrogens with one attached hydrogen (secondary N) is 1. The Balaban J connectivity index is 1.76. The van der Waals surface area contributed by atoms with Crippen LogP contribution in [0, 0.1) is 5.82 Å². The molecule has 3 aromatic carbocycles. The Hall–Kier alpha value is -4.09. The van der Waals surface area contributed by atoms with Crippen LogP contribution in [-0.2, 0) is 11.0 Å². The van der Waals surface area contributed by atoms with Gasteiger partial charge in [-0.1, -0.05) is 30.3 Å². The van der Waals surface area contributed by atoms with Gasteiger partial charge in [0, 0.05) is 24.1 Å². The first-order chi connectivity index (χ1) is 18.7. The number of carboxylic acid groups (broad SMARTS) is 1. The van der Waals surface area contributed by atoms with E-state index in [1.54, 1.807) is 0 Å². The predicted molar refractivity (Wildman–Crippen MR) is 131 cm³/mol. The molecule has 214 valence electrons. The summed E-state index contributed by atoms with van der Waals surface area (Å²) in [6.07, 6.45) is -11.5. The molecule has 3 rings (SSSR count). The van der Waals surface area contributed by atoms with Crippen molar-refractivity contribution < 1.29 is 50.2 Å². The van der Waals surface area contributed by atoms with E-state index in [1.165, 1.54) is 48.5 Å². The number of amides is 1. The van der Waals surface area contributed by atoms with Crippen molar-refractivity contribution in [2.45, 2.75) is 44.1 Å². The molecule has 0 heterocycles. The molecule has 0 aliphatic heterocycles. The molecule has 0 radical (unpaired) electrons. The van der Waals surface area contributed by atoms with Gasteiger partial charge in [0.05, 0.1) is 12.0 Å². The molecule has 0 aliphatic carbocycles. The number of carboxylic acids is 1. The van der Waals surface area contributed by atoms with Crippen molar-refractivity contribution in [2.75, 3.05) is 6.54 Å². The second-order valence-electron chi connectivity index (χ2n) is 8.85. The van der Waals surface area contributed by atoms with E-state index in [0.717, 1.165) is 12.1 Å². The zero-order chi connectivity index (χ0) is 29.5. The summed E-state index contributed by atoms with van der Waals surface area (Å²) in [6.45, 7) is -0.0779. The minimum absolute atomic E-state index is 0.0288. The molecular formula is C28H24F7NO4. The molecule has 1 atom stereocenters. The highest BCUT2D eigenvalue weighted by Crippen LogP contribution is 2.34. The van der Waals surface area contributed by atoms with Crippen LogP contribution in [0.4, 0.5) is 30.7 Å². The van der Waals surface area contributed by atoms with Crippen molar-refractivity contribution >= 4 is 11.9 Å². The van der Waals surface area contributed by atoms with Crippen molar-refractivity contribution in [1.29, 1.82) is 0 Å². The fourth-order valence-electron chi connectivity index (χ4n) is 3.82. The molecule has 0 aliphatic rings. The molecule has 0 saturated heterocycles. The predicted octanol–water partition coefficient (Wildman–Crippen LogP) is 7.57. The molecule has 40 heavy (non-hydrogen) atoms. The topological polar surface area (TPSA) is 75.6 Å². The van der Waals surface area contributed by atoms with Crippen molar-refractivity contribution in [2.24, 2.45) is 0 Å². The third-order valence-corrected chi connectivity index (χ3v) is 5.84. The van der Waals surface area contributed by atoms with E-state index >= 15 is 0 Å². The van der Waals surface area contributed by atoms with Crippen molar-refractivity contribution in [1.82, 2.24) is 5.32 Å². The van der Waals surface area contributed by atoms with Gasteiger partial charge in [-0.05, 0) is 60.4 Å². The highest BCUT2D eigenvalue weighted by Gasteiger charge is 2.31. The fraction of sp³-hybridized carbons (Fsp3) is 0.286. The van der Waals surface area contributed by atoms with E-state index in [2.05, 4.69) is 5.32 Å². The van der Waals surface area contributed by atoms with E-state index in [4.69, 9.17) is 9.84 Å². The SMILES string of the molecule is O=C(O)CCNC(=O)c1ccc(C(CCCC(F)(F)F)Oc2ccc(-c3ccc(C(F)(F)F)cc3F)cc2)cc1. The van der Waals surface area contributed by atoms with Crippen LogP contribution in [0.15, 0.2) is 66.7 Å². The molecular weight excluding hydrogens is 547 g/mol. The molecule has 0 fully saturated rings. The minimum Gasteiger partial charge on any atom is -0.486 e. The van der Waals surface area contributed by atoms with Crippen molar-refractivity contribution in [3.63, 3.8) is 0 Å². The van der Waals surface area contributed by atoms with Crippen LogP contribution in [0.1, 0.15) is 53.3 Å². The van der Waals surface area contributed by atoms with Gasteiger partial charge in [-0.3, -0.25) is 9.59 Å². The monoisotopic (exact) mass is 571 g/mol. The first kappa shape index (κ1) is 30.5. The number of carbonyl (C=O) groups is 2. The van der Waals surface area contributed by atoms with Crippen LogP contribution in [0.25, 0.3) is 11.1 Å². The van der Waals surface area contributed by atoms with Gasteiger partial charge >= 0.3 is 18.3 Å². The lowest BCUT2D eigenvalue weighted by molar-refractivity contribution is -0.138. The summed E-state index contributed by atoms with van der Waals surface area (Å²) in [5.74, 6) is -2.44. The van der Waals surface area contributed by atoms with Gasteiger partial charge in [0.1, 0.15) is 17.7 Å². The van der Waals surface area contributed by atoms with Crippen molar-refractivity contribution in [3.05, 3.63) is 89.2 Å². The number of rotatable bonds is 11. The summed E-state index contributed by atoms with van der Waals surface area (Å²) in [6, 6.07) is 13.7. The first-order valence-electron chi connectivity index (χ1n) is 12.0. The Morgan fingerprint density at radius 2 is 1.55 bits per heavy atom. The molecule has 12 heteroatoms. The van der Waals surface area contributed by atoms with Gasteiger partial charge in [0.2, 0.25) is 0 Å². The Labute approximate surface area is 224 Å². The molecule has 0 spiro atoms. The fourth-order valence-corrected chi connectivity index (χ4v) is 3.82. The van der Waals surface area contributed by atoms with Gasteiger partial charge in [0.15, 0.2) is 0 Å². The average Bonchev–Trinajstić information content (AvgIpc) is 2.87. The second-order valence-corrected chi connectivity index (χ2v) is 8.85. The molecule has 0 aromatic heterocycles. The van der Waals surface area contributed by atoms with E-state index < -0.39 is 48.1 Å². The second kappa shape index (κ2) is 12.8. The molecule has 2 N–H and O–H groups in total. The number of ether oxygens (including phenoxy) is 1. The van der Waals surface area contributed by atoms with Gasteiger partial charge in [-0.25, -0.2) is 4.39 Å². The van der Waals surface area contributed by atoms with Crippen LogP contribution >= 0.6 is 0 Å². The third-order valence-electron chi connectivity index (χ3n) is 5.84. The van der Waals surface area contributed by atoms with Crippen LogP contribution in [-0.4, -0.2) is 29.7 Å². The summed E-state index contributed by atoms with van der Waals surface area (Å²) in [4.78, 5) is 22.8. The summed E-state index contributed by atoms with van der Waals surface area (Å²) in [7, 11) is 0. The Morgan fingerprint density at radius 1 is 0.900 bits per heavy atom. The Morgan fingerprint density at radius 3 is 2.10 bits per heavy atom. The summed E-state index contributed by atoms with van der Waals surface area (Å²) in [5, 5.41) is 11.1.